The van der Waals surface area contributed by atoms with Crippen molar-refractivity contribution in [1.82, 2.24) is 10.4 Å². The molecule has 3 aromatic rings. The minimum atomic E-state index is -0.918. The van der Waals surface area contributed by atoms with Crippen LogP contribution >= 0.6 is 0 Å². The van der Waals surface area contributed by atoms with Gasteiger partial charge in [-0.1, -0.05) is 48.5 Å². The fourth-order valence-electron chi connectivity index (χ4n) is 4.19. The lowest BCUT2D eigenvalue weighted by Crippen LogP contribution is -2.66. The number of hydrogen-bond donors (Lipinski definition) is 3. The van der Waals surface area contributed by atoms with Crippen molar-refractivity contribution >= 4 is 23.0 Å². The van der Waals surface area contributed by atoms with Gasteiger partial charge in [-0.2, -0.15) is 10.2 Å². The lowest BCUT2D eigenvalue weighted by atomic mass is 10.0. The molecule has 1 unspecified atom stereocenters. The number of carboxylic acid groups (broad SMARTS) is 1. The highest BCUT2D eigenvalue weighted by Gasteiger charge is 2.42. The van der Waals surface area contributed by atoms with Gasteiger partial charge in [0.15, 0.2) is 0 Å². The van der Waals surface area contributed by atoms with Crippen LogP contribution in [-0.2, 0) is 22.4 Å². The van der Waals surface area contributed by atoms with Crippen molar-refractivity contribution in [3.8, 4) is 0 Å². The summed E-state index contributed by atoms with van der Waals surface area (Å²) in [6.07, 6.45) is 2.51. The molecule has 34 heavy (non-hydrogen) atoms. The lowest BCUT2D eigenvalue weighted by Gasteiger charge is -2.37. The third kappa shape index (κ3) is 6.68. The Bertz CT molecular complexity index is 1100. The van der Waals surface area contributed by atoms with Gasteiger partial charge in [0.05, 0.1) is 12.5 Å². The van der Waals surface area contributed by atoms with E-state index in [1.54, 1.807) is 0 Å². The van der Waals surface area contributed by atoms with Crippen LogP contribution in [0.2, 0.25) is 0 Å². The smallest absolute Gasteiger partial charge is 0.481 e. The van der Waals surface area contributed by atoms with E-state index in [1.165, 1.54) is 0 Å². The first-order valence-electron chi connectivity index (χ1n) is 11.8. The molecule has 0 saturated heterocycles. The molecule has 0 bridgehead atoms. The molecule has 7 heteroatoms. The number of rotatable bonds is 10. The Labute approximate surface area is 201 Å². The molecule has 1 heterocycles. The van der Waals surface area contributed by atoms with Gasteiger partial charge in [-0.3, -0.25) is 4.79 Å². The number of amides is 1. The summed E-state index contributed by atoms with van der Waals surface area (Å²) in [5, 5.41) is 10.7. The van der Waals surface area contributed by atoms with Gasteiger partial charge in [0.1, 0.15) is 18.7 Å². The first kappa shape index (κ1) is 25.5. The lowest BCUT2D eigenvalue weighted by molar-refractivity contribution is -0.903. The van der Waals surface area contributed by atoms with Crippen LogP contribution in [0, 0.1) is 0 Å². The summed E-state index contributed by atoms with van der Waals surface area (Å²) in [7, 11) is 0. The molecular weight excluding hydrogens is 430 g/mol. The first-order valence-corrected chi connectivity index (χ1v) is 11.8. The largest absolute Gasteiger partial charge is 0.536 e. The number of nitrogens with zero attached hydrogens (tertiary/aromatic N) is 1. The Morgan fingerprint density at radius 2 is 1.76 bits per heavy atom. The number of aliphatic carboxylic acids is 1. The second-order valence-corrected chi connectivity index (χ2v) is 9.71. The first-order chi connectivity index (χ1) is 16.1. The molecular formula is C27H36N3O4+. The van der Waals surface area contributed by atoms with Crippen LogP contribution in [0.4, 0.5) is 4.79 Å². The number of para-hydroxylation sites is 1. The number of quaternary nitrogens is 1. The number of likely N-dealkylation sites (N-methyl/N-ethyl adjacent to an activating group) is 1. The van der Waals surface area contributed by atoms with Gasteiger partial charge in [-0.25, -0.2) is 0 Å². The van der Waals surface area contributed by atoms with E-state index >= 15 is 0 Å². The summed E-state index contributed by atoms with van der Waals surface area (Å²) >= 11 is 0. The number of carbonyl (C=O) groups is 2. The summed E-state index contributed by atoms with van der Waals surface area (Å²) in [6, 6.07) is 17.4. The van der Waals surface area contributed by atoms with Crippen LogP contribution in [0.3, 0.4) is 0 Å². The minimum absolute atomic E-state index is 0.117. The average molecular weight is 467 g/mol. The van der Waals surface area contributed by atoms with Crippen molar-refractivity contribution in [1.29, 1.82) is 0 Å². The molecule has 3 rings (SSSR count). The SMILES string of the molecule is CC[N+](CCc1ccccc1)(N[C@@H](CC(=O)O)Cc1c[nH]c2ccccc12)C(=O)OC(C)(C)C. The molecule has 7 nitrogen and oxygen atoms in total. The highest BCUT2D eigenvalue weighted by Crippen LogP contribution is 2.22. The van der Waals surface area contributed by atoms with Gasteiger partial charge in [0, 0.05) is 23.5 Å². The summed E-state index contributed by atoms with van der Waals surface area (Å²) in [6.45, 7) is 8.31. The molecule has 0 fully saturated rings. The highest BCUT2D eigenvalue weighted by molar-refractivity contribution is 5.83. The van der Waals surface area contributed by atoms with Gasteiger partial charge < -0.3 is 14.8 Å². The van der Waals surface area contributed by atoms with E-state index in [2.05, 4.69) is 10.4 Å². The van der Waals surface area contributed by atoms with Gasteiger partial charge in [-0.05, 0) is 51.3 Å². The van der Waals surface area contributed by atoms with Crippen molar-refractivity contribution in [3.05, 3.63) is 71.9 Å². The van der Waals surface area contributed by atoms with Crippen LogP contribution in [0.1, 0.15) is 45.2 Å². The number of carbonyl (C=O) groups excluding carboxylic acids is 1. The van der Waals surface area contributed by atoms with Crippen LogP contribution in [0.15, 0.2) is 60.8 Å². The van der Waals surface area contributed by atoms with Crippen LogP contribution in [0.5, 0.6) is 0 Å². The Kier molecular flexibility index (Phi) is 8.12. The van der Waals surface area contributed by atoms with Gasteiger partial charge >= 0.3 is 12.1 Å². The van der Waals surface area contributed by atoms with E-state index in [0.717, 1.165) is 22.0 Å². The predicted octanol–water partition coefficient (Wildman–Crippen LogP) is 5.07. The molecule has 0 radical (unpaired) electrons. The molecule has 1 amide bonds. The topological polar surface area (TPSA) is 91.4 Å². The van der Waals surface area contributed by atoms with Crippen molar-refractivity contribution in [3.63, 3.8) is 0 Å². The molecule has 0 aliphatic rings. The predicted molar refractivity (Wildman–Crippen MR) is 133 cm³/mol. The zero-order valence-corrected chi connectivity index (χ0v) is 20.5. The van der Waals surface area contributed by atoms with Crippen molar-refractivity contribution in [2.24, 2.45) is 0 Å². The Morgan fingerprint density at radius 1 is 1.09 bits per heavy atom. The van der Waals surface area contributed by atoms with Gasteiger partial charge in [0.25, 0.3) is 0 Å². The van der Waals surface area contributed by atoms with Gasteiger partial charge in [0.2, 0.25) is 0 Å². The molecule has 1 aromatic heterocycles. The fraction of sp³-hybridized carbons (Fsp3) is 0.407. The highest BCUT2D eigenvalue weighted by atomic mass is 16.6. The number of nitrogens with one attached hydrogen (secondary N) is 2. The number of aromatic nitrogens is 1. The van der Waals surface area contributed by atoms with Crippen LogP contribution < -0.4 is 5.43 Å². The van der Waals surface area contributed by atoms with Crippen molar-refractivity contribution in [2.75, 3.05) is 13.1 Å². The summed E-state index contributed by atoms with van der Waals surface area (Å²) < 4.78 is 5.65. The van der Waals surface area contributed by atoms with E-state index < -0.39 is 23.7 Å². The number of benzene rings is 2. The third-order valence-corrected chi connectivity index (χ3v) is 5.90. The number of ether oxygens (including phenoxy) is 1. The maximum atomic E-state index is 13.5. The zero-order valence-electron chi connectivity index (χ0n) is 20.5. The zero-order chi connectivity index (χ0) is 24.8. The molecule has 0 aliphatic heterocycles. The van der Waals surface area contributed by atoms with E-state index in [9.17, 15) is 14.7 Å². The normalized spacial score (nSPS) is 14.5. The number of fused-ring (bicyclic) bond motifs is 1. The van der Waals surface area contributed by atoms with Crippen molar-refractivity contribution < 1.29 is 24.0 Å². The molecule has 3 N–H and O–H groups in total. The van der Waals surface area contributed by atoms with E-state index in [4.69, 9.17) is 4.74 Å². The van der Waals surface area contributed by atoms with E-state index in [0.29, 0.717) is 25.9 Å². The maximum Gasteiger partial charge on any atom is 0.536 e. The number of aromatic amines is 1. The summed E-state index contributed by atoms with van der Waals surface area (Å²) in [5.74, 6) is -0.918. The molecule has 182 valence electrons. The van der Waals surface area contributed by atoms with Crippen molar-refractivity contribution in [2.45, 2.75) is 58.6 Å². The van der Waals surface area contributed by atoms with E-state index in [1.807, 2.05) is 88.5 Å². The Balaban J connectivity index is 1.91. The number of hydrogen-bond acceptors (Lipinski definition) is 4. The maximum absolute atomic E-state index is 13.5. The Morgan fingerprint density at radius 3 is 2.41 bits per heavy atom. The fourth-order valence-corrected chi connectivity index (χ4v) is 4.19. The number of carboxylic acids is 1. The van der Waals surface area contributed by atoms with Gasteiger partial charge in [-0.15, -0.1) is 4.59 Å². The number of H-pyrrole nitrogens is 1. The second kappa shape index (κ2) is 10.8. The summed E-state index contributed by atoms with van der Waals surface area (Å²) in [4.78, 5) is 28.5. The molecule has 0 saturated carbocycles. The molecule has 0 spiro atoms. The molecule has 2 atom stereocenters. The van der Waals surface area contributed by atoms with Crippen LogP contribution in [0.25, 0.3) is 10.9 Å². The third-order valence-electron chi connectivity index (χ3n) is 5.90. The van der Waals surface area contributed by atoms with Crippen LogP contribution in [-0.4, -0.2) is 51.5 Å². The minimum Gasteiger partial charge on any atom is -0.481 e. The monoisotopic (exact) mass is 466 g/mol. The average Bonchev–Trinajstić information content (AvgIpc) is 3.18. The molecule has 0 aliphatic carbocycles. The standard InChI is InChI=1S/C27H35N3O4/c1-5-30(26(33)34-27(2,3)4,16-15-20-11-7-6-8-12-20)29-22(18-25(31)32)17-21-19-28-24-14-10-9-13-23(21)24/h6-14,19,22,28-29H,5,15-18H2,1-4H3/p+1/t22-,30?/m1/s1. The Hall–Kier alpha value is -3.16. The van der Waals surface area contributed by atoms with E-state index in [-0.39, 0.29) is 11.0 Å². The quantitative estimate of drug-likeness (QED) is 0.287. The summed E-state index contributed by atoms with van der Waals surface area (Å²) in [5.41, 5.74) is 5.86. The second-order valence-electron chi connectivity index (χ2n) is 9.71. The molecule has 2 aromatic carbocycles.